The van der Waals surface area contributed by atoms with Crippen LogP contribution in [0, 0.1) is 10.1 Å². The van der Waals surface area contributed by atoms with E-state index in [9.17, 15) is 20.3 Å². The van der Waals surface area contributed by atoms with Crippen molar-refractivity contribution in [1.29, 1.82) is 0 Å². The van der Waals surface area contributed by atoms with Crippen molar-refractivity contribution in [2.24, 2.45) is 0 Å². The molecule has 4 rings (SSSR count). The van der Waals surface area contributed by atoms with Gasteiger partial charge in [-0.1, -0.05) is 38.8 Å². The van der Waals surface area contributed by atoms with Crippen LogP contribution in [0.15, 0.2) is 54.7 Å². The Kier molecular flexibility index (Phi) is 7.57. The van der Waals surface area contributed by atoms with Crippen molar-refractivity contribution in [2.75, 3.05) is 14.2 Å². The zero-order chi connectivity index (χ0) is 26.7. The molecule has 0 amide bonds. The Hall–Kier alpha value is -4.20. The highest BCUT2D eigenvalue weighted by Gasteiger charge is 2.33. The summed E-state index contributed by atoms with van der Waals surface area (Å²) in [6, 6.07) is 12.9. The molecule has 0 unspecified atom stereocenters. The summed E-state index contributed by atoms with van der Waals surface area (Å²) in [4.78, 5) is 13.1. The smallest absolute Gasteiger partial charge is 0.285 e. The lowest BCUT2D eigenvalue weighted by Crippen LogP contribution is -2.24. The van der Waals surface area contributed by atoms with Crippen LogP contribution >= 0.6 is 0 Å². The van der Waals surface area contributed by atoms with Crippen LogP contribution in [0.1, 0.15) is 60.6 Å². The highest BCUT2D eigenvalue weighted by molar-refractivity contribution is 5.73. The van der Waals surface area contributed by atoms with Gasteiger partial charge in [0.05, 0.1) is 30.3 Å². The Morgan fingerprint density at radius 2 is 1.38 bits per heavy atom. The first-order valence-electron chi connectivity index (χ1n) is 12.4. The molecule has 0 spiro atoms. The first-order chi connectivity index (χ1) is 17.9. The maximum absolute atomic E-state index is 13.9. The monoisotopic (exact) mass is 504 g/mol. The Bertz CT molecular complexity index is 1430. The van der Waals surface area contributed by atoms with Crippen LogP contribution in [-0.2, 0) is 12.8 Å². The molecule has 0 saturated carbocycles. The van der Waals surface area contributed by atoms with E-state index < -0.39 is 5.92 Å². The van der Waals surface area contributed by atoms with Crippen molar-refractivity contribution in [3.63, 3.8) is 0 Å². The lowest BCUT2D eigenvalue weighted by Gasteiger charge is -2.30. The van der Waals surface area contributed by atoms with Crippen LogP contribution in [-0.4, -0.2) is 29.2 Å². The van der Waals surface area contributed by atoms with Crippen molar-refractivity contribution < 1.29 is 24.1 Å². The minimum absolute atomic E-state index is 0.0653. The SMILES string of the molecule is CCCc1c(OC)ccc(O)c1C(c1c(O)ccc(OC)c1CCC)c1c[n+](=O)c2ccccc2n1[O-]. The van der Waals surface area contributed by atoms with E-state index in [1.165, 1.54) is 18.3 Å². The summed E-state index contributed by atoms with van der Waals surface area (Å²) in [6.07, 6.45) is 3.79. The molecule has 194 valence electrons. The number of para-hydroxylation sites is 2. The predicted molar refractivity (Wildman–Crippen MR) is 142 cm³/mol. The highest BCUT2D eigenvalue weighted by Crippen LogP contribution is 2.48. The predicted octanol–water partition coefficient (Wildman–Crippen LogP) is 5.42. The number of phenolic OH excluding ortho intramolecular Hbond substituents is 2. The van der Waals surface area contributed by atoms with Crippen LogP contribution in [0.4, 0.5) is 0 Å². The third-order valence-corrected chi connectivity index (χ3v) is 6.72. The number of nitrogens with zero attached hydrogens (tertiary/aromatic N) is 2. The summed E-state index contributed by atoms with van der Waals surface area (Å²) in [5, 5.41) is 36.4. The van der Waals surface area contributed by atoms with Gasteiger partial charge in [0.25, 0.3) is 5.52 Å². The molecule has 1 heterocycles. The molecule has 37 heavy (non-hydrogen) atoms. The fourth-order valence-electron chi connectivity index (χ4n) is 5.14. The molecule has 0 bridgehead atoms. The molecule has 4 aromatic rings. The Morgan fingerprint density at radius 3 is 1.86 bits per heavy atom. The zero-order valence-corrected chi connectivity index (χ0v) is 21.5. The largest absolute Gasteiger partial charge is 0.805 e. The maximum atomic E-state index is 13.9. The van der Waals surface area contributed by atoms with Gasteiger partial charge in [0, 0.05) is 33.2 Å². The van der Waals surface area contributed by atoms with Crippen LogP contribution in [0.5, 0.6) is 23.0 Å². The third-order valence-electron chi connectivity index (χ3n) is 6.72. The Labute approximate surface area is 215 Å². The quantitative estimate of drug-likeness (QED) is 0.295. The van der Waals surface area contributed by atoms with Gasteiger partial charge in [-0.15, -0.1) is 0 Å². The van der Waals surface area contributed by atoms with Crippen molar-refractivity contribution in [2.45, 2.75) is 45.4 Å². The summed E-state index contributed by atoms with van der Waals surface area (Å²) in [7, 11) is 3.09. The molecule has 0 aliphatic heterocycles. The van der Waals surface area contributed by atoms with Gasteiger partial charge in [-0.05, 0) is 43.2 Å². The molecule has 0 saturated heterocycles. The highest BCUT2D eigenvalue weighted by atomic mass is 16.5. The zero-order valence-electron chi connectivity index (χ0n) is 21.5. The summed E-state index contributed by atoms with van der Waals surface area (Å²) in [6.45, 7) is 4.01. The number of methoxy groups -OCH3 is 2. The number of benzene rings is 3. The summed E-state index contributed by atoms with van der Waals surface area (Å²) < 4.78 is 12.6. The van der Waals surface area contributed by atoms with Crippen molar-refractivity contribution in [1.82, 2.24) is 4.73 Å². The van der Waals surface area contributed by atoms with E-state index in [2.05, 4.69) is 0 Å². The maximum Gasteiger partial charge on any atom is 0.285 e. The lowest BCUT2D eigenvalue weighted by molar-refractivity contribution is -0.465. The molecule has 2 N–H and O–H groups in total. The molecule has 8 heteroatoms. The molecule has 0 fully saturated rings. The molecule has 0 aliphatic carbocycles. The van der Waals surface area contributed by atoms with Gasteiger partial charge in [0.1, 0.15) is 28.5 Å². The summed E-state index contributed by atoms with van der Waals surface area (Å²) in [5.41, 5.74) is 2.67. The minimum Gasteiger partial charge on any atom is -0.805 e. The van der Waals surface area contributed by atoms with E-state index in [0.717, 1.165) is 12.8 Å². The van der Waals surface area contributed by atoms with E-state index >= 15 is 0 Å². The van der Waals surface area contributed by atoms with Gasteiger partial charge in [-0.25, -0.2) is 0 Å². The molecule has 3 aromatic carbocycles. The van der Waals surface area contributed by atoms with Gasteiger partial charge < -0.3 is 29.6 Å². The van der Waals surface area contributed by atoms with E-state index in [-0.39, 0.29) is 28.2 Å². The standard InChI is InChI=1S/C29H32N2O6/c1-5-9-18-25(36-3)15-13-23(32)27(18)29(28-19(10-6-2)26(37-4)16-14-24(28)33)22-17-30(34)20-11-7-8-12-21(20)31(22)35/h7-8,11-17,29,32-33H,5-6,9-10H2,1-4H3. The number of ether oxygens (including phenoxy) is 2. The van der Waals surface area contributed by atoms with Gasteiger partial charge >= 0.3 is 0 Å². The van der Waals surface area contributed by atoms with Crippen LogP contribution in [0.25, 0.3) is 11.0 Å². The minimum atomic E-state index is -0.990. The Balaban J connectivity index is 2.21. The number of aromatic nitrogens is 2. The third kappa shape index (κ3) is 4.55. The van der Waals surface area contributed by atoms with Crippen molar-refractivity contribution >= 4 is 11.0 Å². The number of phenols is 2. The van der Waals surface area contributed by atoms with E-state index in [4.69, 9.17) is 9.47 Å². The van der Waals surface area contributed by atoms with Gasteiger partial charge in [-0.2, -0.15) is 0 Å². The average Bonchev–Trinajstić information content (AvgIpc) is 2.90. The summed E-state index contributed by atoms with van der Waals surface area (Å²) in [5.74, 6) is -0.0238. The van der Waals surface area contributed by atoms with Gasteiger partial charge in [0.2, 0.25) is 6.20 Å². The summed E-state index contributed by atoms with van der Waals surface area (Å²) >= 11 is 0. The Morgan fingerprint density at radius 1 is 0.865 bits per heavy atom. The second-order valence-electron chi connectivity index (χ2n) is 8.95. The van der Waals surface area contributed by atoms with E-state index in [0.29, 0.717) is 55.8 Å². The first kappa shape index (κ1) is 25.9. The van der Waals surface area contributed by atoms with Crippen LogP contribution in [0.2, 0.25) is 0 Å². The average molecular weight is 505 g/mol. The molecule has 1 aromatic heterocycles. The lowest BCUT2D eigenvalue weighted by atomic mass is 9.80. The van der Waals surface area contributed by atoms with Crippen LogP contribution < -0.4 is 13.9 Å². The van der Waals surface area contributed by atoms with Crippen molar-refractivity contribution in [3.05, 3.63) is 92.8 Å². The number of hydrogen-bond acceptors (Lipinski definition) is 6. The normalized spacial score (nSPS) is 11.3. The fourth-order valence-corrected chi connectivity index (χ4v) is 5.14. The number of rotatable bonds is 9. The van der Waals surface area contributed by atoms with E-state index in [1.807, 2.05) is 13.8 Å². The van der Waals surface area contributed by atoms with Gasteiger partial charge in [0.15, 0.2) is 0 Å². The number of aromatic hydroxyl groups is 2. The molecule has 0 aliphatic rings. The van der Waals surface area contributed by atoms with E-state index in [1.54, 1.807) is 50.6 Å². The molecular formula is C29H32N2O6. The molecule has 0 radical (unpaired) electrons. The fraction of sp³-hybridized carbons (Fsp3) is 0.310. The topological polar surface area (TPSA) is 110 Å². The first-order valence-corrected chi connectivity index (χ1v) is 12.4. The second-order valence-corrected chi connectivity index (χ2v) is 8.95. The van der Waals surface area contributed by atoms with Crippen molar-refractivity contribution in [3.8, 4) is 23.0 Å². The second kappa shape index (κ2) is 10.8. The molecule has 8 nitrogen and oxygen atoms in total. The molecule has 0 atom stereocenters. The molecular weight excluding hydrogens is 472 g/mol. The van der Waals surface area contributed by atoms with Gasteiger partial charge in [-0.3, -0.25) is 0 Å². The number of fused-ring (bicyclic) bond motifs is 1. The van der Waals surface area contributed by atoms with Crippen LogP contribution in [0.3, 0.4) is 0 Å². The number of hydrogen-bond donors (Lipinski definition) is 2.